The van der Waals surface area contributed by atoms with Crippen LogP contribution in [0.25, 0.3) is 10.4 Å². The molecule has 5 atom stereocenters. The highest BCUT2D eigenvalue weighted by Crippen LogP contribution is 2.51. The van der Waals surface area contributed by atoms with Gasteiger partial charge in [-0.05, 0) is 50.6 Å². The number of H-pyrrole nitrogens is 1. The highest BCUT2D eigenvalue weighted by atomic mass is 32.2. The fourth-order valence-corrected chi connectivity index (χ4v) is 8.62. The number of phosphoric acid groups is 1. The van der Waals surface area contributed by atoms with Crippen molar-refractivity contribution in [2.45, 2.75) is 65.9 Å². The Kier molecular flexibility index (Phi) is 11.6. The lowest BCUT2D eigenvalue weighted by Gasteiger charge is -2.24. The molecule has 1 N–H and O–H groups in total. The Bertz CT molecular complexity index is 1900. The van der Waals surface area contributed by atoms with Gasteiger partial charge < -0.3 is 4.74 Å². The first kappa shape index (κ1) is 36.2. The molecule has 3 aromatic rings. The van der Waals surface area contributed by atoms with Crippen LogP contribution in [-0.2, 0) is 42.5 Å². The lowest BCUT2D eigenvalue weighted by atomic mass is 10.1. The molecule has 0 amide bonds. The van der Waals surface area contributed by atoms with Crippen molar-refractivity contribution < 1.29 is 39.7 Å². The Hall–Kier alpha value is -3.60. The summed E-state index contributed by atoms with van der Waals surface area (Å²) in [7, 11) is -12.6. The van der Waals surface area contributed by atoms with E-state index in [2.05, 4.69) is 15.0 Å². The highest BCUT2D eigenvalue weighted by Gasteiger charge is 2.40. The molecule has 254 valence electrons. The van der Waals surface area contributed by atoms with Crippen molar-refractivity contribution in [3.05, 3.63) is 104 Å². The third-order valence-electron chi connectivity index (χ3n) is 7.39. The predicted molar refractivity (Wildman–Crippen MR) is 169 cm³/mol. The van der Waals surface area contributed by atoms with Crippen LogP contribution in [0.1, 0.15) is 32.1 Å². The van der Waals surface area contributed by atoms with E-state index in [1.807, 2.05) is 0 Å². The molecule has 2 heterocycles. The molecule has 1 aliphatic rings. The minimum Gasteiger partial charge on any atom is -0.352 e. The van der Waals surface area contributed by atoms with Gasteiger partial charge in [-0.3, -0.25) is 27.9 Å². The van der Waals surface area contributed by atoms with Gasteiger partial charge in [-0.15, -0.1) is 0 Å². The summed E-state index contributed by atoms with van der Waals surface area (Å²) >= 11 is 0. The van der Waals surface area contributed by atoms with E-state index >= 15 is 0 Å². The van der Waals surface area contributed by atoms with Gasteiger partial charge in [0.15, 0.2) is 19.7 Å². The molecule has 2 aromatic carbocycles. The second-order valence-electron chi connectivity index (χ2n) is 10.8. The van der Waals surface area contributed by atoms with Gasteiger partial charge in [-0.1, -0.05) is 41.5 Å². The Balaban J connectivity index is 1.55. The average Bonchev–Trinajstić information content (AvgIpc) is 3.46. The summed E-state index contributed by atoms with van der Waals surface area (Å²) in [4.78, 5) is 29.2. The van der Waals surface area contributed by atoms with Crippen molar-refractivity contribution in [2.24, 2.45) is 5.11 Å². The summed E-state index contributed by atoms with van der Waals surface area (Å²) in [5.74, 6) is 0. The summed E-state index contributed by atoms with van der Waals surface area (Å²) in [6, 6.07) is 14.1. The molecule has 1 fully saturated rings. The molecule has 19 heteroatoms. The van der Waals surface area contributed by atoms with Crippen LogP contribution in [0.15, 0.2) is 91.4 Å². The van der Waals surface area contributed by atoms with Gasteiger partial charge in [0.05, 0.1) is 52.3 Å². The molecule has 0 bridgehead atoms. The molecular weight excluding hydrogens is 677 g/mol. The number of nitrogens with zero attached hydrogens (tertiary/aromatic N) is 4. The predicted octanol–water partition coefficient (Wildman–Crippen LogP) is 3.69. The number of phosphoric ester groups is 1. The van der Waals surface area contributed by atoms with Crippen molar-refractivity contribution in [1.29, 1.82) is 0 Å². The maximum atomic E-state index is 13.9. The van der Waals surface area contributed by atoms with Crippen molar-refractivity contribution in [3.8, 4) is 0 Å². The van der Waals surface area contributed by atoms with E-state index in [0.29, 0.717) is 0 Å². The number of hydrogen-bond acceptors (Lipinski definition) is 12. The number of aromatic nitrogens is 2. The number of sulfone groups is 2. The van der Waals surface area contributed by atoms with Crippen LogP contribution < -0.4 is 11.2 Å². The van der Waals surface area contributed by atoms with E-state index in [4.69, 9.17) is 23.8 Å². The molecule has 1 aliphatic heterocycles. The van der Waals surface area contributed by atoms with Gasteiger partial charge in [-0.25, -0.2) is 26.2 Å². The van der Waals surface area contributed by atoms with Crippen molar-refractivity contribution in [1.82, 2.24) is 9.55 Å². The second-order valence-corrected chi connectivity index (χ2v) is 17.2. The fourth-order valence-electron chi connectivity index (χ4n) is 4.56. The maximum absolute atomic E-state index is 13.9. The van der Waals surface area contributed by atoms with E-state index in [9.17, 15) is 31.0 Å². The van der Waals surface area contributed by atoms with Crippen molar-refractivity contribution in [3.63, 3.8) is 0 Å². The molecule has 4 rings (SSSR count). The number of rotatable bonds is 15. The first-order chi connectivity index (χ1) is 22.2. The first-order valence-electron chi connectivity index (χ1n) is 14.3. The number of ether oxygens (including phenoxy) is 1. The summed E-state index contributed by atoms with van der Waals surface area (Å²) in [5, 5.41) is 1.23. The minimum absolute atomic E-state index is 0.00526. The largest absolute Gasteiger partial charge is 0.474 e. The van der Waals surface area contributed by atoms with Crippen LogP contribution in [0.2, 0.25) is 0 Å². The Morgan fingerprint density at radius 1 is 0.957 bits per heavy atom. The molecule has 3 unspecified atom stereocenters. The Labute approximate surface area is 270 Å². The van der Waals surface area contributed by atoms with E-state index in [1.165, 1.54) is 51.2 Å². The lowest BCUT2D eigenvalue weighted by molar-refractivity contribution is -0.0303. The van der Waals surface area contributed by atoms with Crippen LogP contribution in [-0.4, -0.2) is 68.9 Å². The van der Waals surface area contributed by atoms with Gasteiger partial charge in [-0.2, -0.15) is 0 Å². The molecule has 16 nitrogen and oxygen atoms in total. The Morgan fingerprint density at radius 3 is 1.96 bits per heavy atom. The van der Waals surface area contributed by atoms with Crippen LogP contribution >= 0.6 is 7.82 Å². The normalized spacial score (nSPS) is 21.0. The third kappa shape index (κ3) is 8.66. The number of aromatic amines is 1. The minimum atomic E-state index is -4.72. The zero-order valence-corrected chi connectivity index (χ0v) is 28.1. The topological polar surface area (TPSA) is 226 Å². The molecule has 0 radical (unpaired) electrons. The second kappa shape index (κ2) is 15.1. The number of aryl methyl sites for hydroxylation is 1. The SMILES string of the molecule is Cc1cn([C@H]2CC(N=[N+]=[N-])[C@@H](COP(=O)(OCC(C)S(=O)(=O)c3ccccc3)OCC(C)S(=O)(=O)c3ccccc3)O2)c(=O)[nH]c1=O. The van der Waals surface area contributed by atoms with Gasteiger partial charge in [0.25, 0.3) is 5.56 Å². The summed E-state index contributed by atoms with van der Waals surface area (Å²) < 4.78 is 89.8. The third-order valence-corrected chi connectivity index (χ3v) is 13.0. The summed E-state index contributed by atoms with van der Waals surface area (Å²) in [6.45, 7) is 2.25. The van der Waals surface area contributed by atoms with Gasteiger partial charge in [0.1, 0.15) is 6.23 Å². The quantitative estimate of drug-likeness (QED) is 0.103. The molecule has 0 aliphatic carbocycles. The summed E-state index contributed by atoms with van der Waals surface area (Å²) in [6.07, 6.45) is -0.849. The molecular formula is C28H34N5O11PS2. The summed E-state index contributed by atoms with van der Waals surface area (Å²) in [5.41, 5.74) is 7.99. The van der Waals surface area contributed by atoms with Gasteiger partial charge >= 0.3 is 13.5 Å². The zero-order chi connectivity index (χ0) is 34.4. The fraction of sp³-hybridized carbons (Fsp3) is 0.429. The average molecular weight is 712 g/mol. The number of nitrogens with one attached hydrogen (secondary N) is 1. The lowest BCUT2D eigenvalue weighted by Crippen LogP contribution is -2.33. The van der Waals surface area contributed by atoms with Gasteiger partial charge in [0, 0.05) is 23.1 Å². The zero-order valence-electron chi connectivity index (χ0n) is 25.6. The number of azide groups is 1. The highest BCUT2D eigenvalue weighted by molar-refractivity contribution is 7.92. The van der Waals surface area contributed by atoms with E-state index in [0.717, 1.165) is 4.57 Å². The molecule has 0 spiro atoms. The van der Waals surface area contributed by atoms with Crippen LogP contribution in [0.4, 0.5) is 0 Å². The van der Waals surface area contributed by atoms with E-state index < -0.39 is 87.4 Å². The van der Waals surface area contributed by atoms with Crippen LogP contribution in [0.3, 0.4) is 0 Å². The van der Waals surface area contributed by atoms with Crippen molar-refractivity contribution in [2.75, 3.05) is 19.8 Å². The van der Waals surface area contributed by atoms with Crippen molar-refractivity contribution >= 4 is 27.5 Å². The number of hydrogen-bond donors (Lipinski definition) is 1. The molecule has 47 heavy (non-hydrogen) atoms. The molecule has 1 aromatic heterocycles. The maximum Gasteiger partial charge on any atom is 0.474 e. The van der Waals surface area contributed by atoms with Crippen LogP contribution in [0, 0.1) is 6.92 Å². The van der Waals surface area contributed by atoms with Crippen LogP contribution in [0.5, 0.6) is 0 Å². The Morgan fingerprint density at radius 2 is 1.47 bits per heavy atom. The van der Waals surface area contributed by atoms with Gasteiger partial charge in [0.2, 0.25) is 0 Å². The molecule has 0 saturated carbocycles. The number of benzene rings is 2. The smallest absolute Gasteiger partial charge is 0.352 e. The first-order valence-corrected chi connectivity index (χ1v) is 18.9. The standard InChI is InChI=1S/C28H34N5O11PS2/c1-19-15-33(28(35)30-27(19)34)26-14-24(31-32-29)25(44-26)18-43-45(36,41-16-20(2)46(37,38)22-10-6-4-7-11-22)42-17-21(3)47(39,40)23-12-8-5-9-13-23/h4-13,15,20-21,24-26H,14,16-18H2,1-3H3,(H,30,34,35)/t20?,21?,24?,25-,26-,45?/m1/s1. The monoisotopic (exact) mass is 711 g/mol. The van der Waals surface area contributed by atoms with E-state index in [-0.39, 0.29) is 21.8 Å². The van der Waals surface area contributed by atoms with E-state index in [1.54, 1.807) is 36.4 Å². The molecule has 1 saturated heterocycles.